The number of rotatable bonds is 2. The van der Waals surface area contributed by atoms with Gasteiger partial charge in [-0.2, -0.15) is 0 Å². The lowest BCUT2D eigenvalue weighted by Crippen LogP contribution is -2.49. The van der Waals surface area contributed by atoms with Crippen LogP contribution in [0, 0.1) is 11.8 Å². The van der Waals surface area contributed by atoms with Gasteiger partial charge in [-0.1, -0.05) is 19.3 Å². The highest BCUT2D eigenvalue weighted by atomic mass is 16.5. The van der Waals surface area contributed by atoms with E-state index in [0.29, 0.717) is 0 Å². The molecule has 1 saturated heterocycles. The number of fused-ring (bicyclic) bond motifs is 2. The van der Waals surface area contributed by atoms with Crippen LogP contribution in [0.15, 0.2) is 0 Å². The van der Waals surface area contributed by atoms with Crippen LogP contribution in [-0.4, -0.2) is 24.3 Å². The molecule has 0 radical (unpaired) electrons. The van der Waals surface area contributed by atoms with E-state index in [0.717, 1.165) is 30.5 Å². The standard InChI is InChI=1S/C16H27NO/c1-2-7-16(6-1)11-14(5-8-18-16)17-15-10-12-3-4-13(15)9-12/h12-15,17H,1-11H2. The maximum absolute atomic E-state index is 6.14. The second-order valence-corrected chi connectivity index (χ2v) is 7.38. The molecule has 0 aromatic rings. The maximum atomic E-state index is 6.14. The van der Waals surface area contributed by atoms with Crippen molar-refractivity contribution in [1.29, 1.82) is 0 Å². The number of hydrogen-bond acceptors (Lipinski definition) is 2. The molecule has 1 heterocycles. The molecule has 4 unspecified atom stereocenters. The van der Waals surface area contributed by atoms with Gasteiger partial charge in [-0.3, -0.25) is 0 Å². The van der Waals surface area contributed by atoms with Crippen LogP contribution >= 0.6 is 0 Å². The molecule has 2 bridgehead atoms. The van der Waals surface area contributed by atoms with Crippen molar-refractivity contribution >= 4 is 0 Å². The van der Waals surface area contributed by atoms with Crippen molar-refractivity contribution in [3.05, 3.63) is 0 Å². The Bertz CT molecular complexity index is 310. The number of nitrogens with one attached hydrogen (secondary N) is 1. The first-order chi connectivity index (χ1) is 8.83. The monoisotopic (exact) mass is 249 g/mol. The summed E-state index contributed by atoms with van der Waals surface area (Å²) in [4.78, 5) is 0. The van der Waals surface area contributed by atoms with Gasteiger partial charge in [-0.25, -0.2) is 0 Å². The molecular weight excluding hydrogens is 222 g/mol. The van der Waals surface area contributed by atoms with Crippen LogP contribution in [0.4, 0.5) is 0 Å². The Kier molecular flexibility index (Phi) is 2.92. The van der Waals surface area contributed by atoms with Gasteiger partial charge in [-0.15, -0.1) is 0 Å². The van der Waals surface area contributed by atoms with Crippen molar-refractivity contribution in [1.82, 2.24) is 5.32 Å². The van der Waals surface area contributed by atoms with Gasteiger partial charge in [0.05, 0.1) is 5.60 Å². The molecule has 1 N–H and O–H groups in total. The Hall–Kier alpha value is -0.0800. The van der Waals surface area contributed by atoms with Gasteiger partial charge < -0.3 is 10.1 Å². The third kappa shape index (κ3) is 2.02. The molecule has 3 saturated carbocycles. The fraction of sp³-hybridized carbons (Fsp3) is 1.00. The molecule has 2 nitrogen and oxygen atoms in total. The van der Waals surface area contributed by atoms with Gasteiger partial charge in [0.1, 0.15) is 0 Å². The summed E-state index contributed by atoms with van der Waals surface area (Å²) >= 11 is 0. The lowest BCUT2D eigenvalue weighted by Gasteiger charge is -2.40. The fourth-order valence-corrected chi connectivity index (χ4v) is 5.29. The average Bonchev–Trinajstić information content (AvgIpc) is 3.06. The largest absolute Gasteiger partial charge is 0.375 e. The molecule has 102 valence electrons. The second-order valence-electron chi connectivity index (χ2n) is 7.38. The van der Waals surface area contributed by atoms with Crippen LogP contribution in [0.5, 0.6) is 0 Å². The van der Waals surface area contributed by atoms with Crippen molar-refractivity contribution < 1.29 is 4.74 Å². The highest BCUT2D eigenvalue weighted by molar-refractivity contribution is 4.98. The zero-order valence-corrected chi connectivity index (χ0v) is 11.5. The van der Waals surface area contributed by atoms with Crippen LogP contribution in [0.1, 0.15) is 64.2 Å². The minimum atomic E-state index is 0.285. The zero-order valence-electron chi connectivity index (χ0n) is 11.5. The molecular formula is C16H27NO. The maximum Gasteiger partial charge on any atom is 0.0697 e. The summed E-state index contributed by atoms with van der Waals surface area (Å²) in [6.45, 7) is 0.998. The van der Waals surface area contributed by atoms with Crippen LogP contribution in [0.25, 0.3) is 0 Å². The predicted octanol–water partition coefficient (Wildman–Crippen LogP) is 3.26. The van der Waals surface area contributed by atoms with Crippen LogP contribution in [-0.2, 0) is 4.74 Å². The molecule has 18 heavy (non-hydrogen) atoms. The lowest BCUT2D eigenvalue weighted by atomic mass is 9.87. The molecule has 1 spiro atoms. The summed E-state index contributed by atoms with van der Waals surface area (Å²) in [5.74, 6) is 2.07. The van der Waals surface area contributed by atoms with Crippen molar-refractivity contribution in [3.63, 3.8) is 0 Å². The molecule has 3 aliphatic carbocycles. The normalized spacial score (nSPS) is 46.0. The summed E-state index contributed by atoms with van der Waals surface area (Å²) in [5, 5.41) is 4.02. The first kappa shape index (κ1) is 11.7. The van der Waals surface area contributed by atoms with E-state index in [1.807, 2.05) is 0 Å². The molecule has 4 aliphatic rings. The summed E-state index contributed by atoms with van der Waals surface area (Å²) < 4.78 is 6.14. The summed E-state index contributed by atoms with van der Waals surface area (Å²) in [6.07, 6.45) is 14.0. The van der Waals surface area contributed by atoms with E-state index in [4.69, 9.17) is 4.74 Å². The van der Waals surface area contributed by atoms with E-state index in [2.05, 4.69) is 5.32 Å². The second kappa shape index (κ2) is 4.49. The van der Waals surface area contributed by atoms with Crippen LogP contribution in [0.2, 0.25) is 0 Å². The number of ether oxygens (including phenoxy) is 1. The Morgan fingerprint density at radius 2 is 1.89 bits per heavy atom. The van der Waals surface area contributed by atoms with Gasteiger partial charge in [0.15, 0.2) is 0 Å². The van der Waals surface area contributed by atoms with Gasteiger partial charge in [0.2, 0.25) is 0 Å². The third-order valence-electron chi connectivity index (χ3n) is 6.20. The molecule has 2 heteroatoms. The Labute approximate surface area is 111 Å². The molecule has 4 atom stereocenters. The molecule has 4 rings (SSSR count). The Morgan fingerprint density at radius 3 is 2.61 bits per heavy atom. The van der Waals surface area contributed by atoms with Gasteiger partial charge in [0, 0.05) is 18.7 Å². The summed E-state index contributed by atoms with van der Waals surface area (Å²) in [6, 6.07) is 1.60. The van der Waals surface area contributed by atoms with Crippen molar-refractivity contribution in [2.75, 3.05) is 6.61 Å². The minimum Gasteiger partial charge on any atom is -0.375 e. The van der Waals surface area contributed by atoms with Gasteiger partial charge in [-0.05, 0) is 56.8 Å². The minimum absolute atomic E-state index is 0.285. The van der Waals surface area contributed by atoms with E-state index in [1.54, 1.807) is 0 Å². The van der Waals surface area contributed by atoms with E-state index in [9.17, 15) is 0 Å². The zero-order chi connectivity index (χ0) is 12.0. The quantitative estimate of drug-likeness (QED) is 0.811. The average molecular weight is 249 g/mol. The molecule has 4 fully saturated rings. The SMILES string of the molecule is C1CCC2(C1)CC(NC1CC3CCC1C3)CCO2. The Morgan fingerprint density at radius 1 is 1.00 bits per heavy atom. The smallest absolute Gasteiger partial charge is 0.0697 e. The van der Waals surface area contributed by atoms with E-state index >= 15 is 0 Å². The van der Waals surface area contributed by atoms with Crippen molar-refractivity contribution in [2.45, 2.75) is 81.9 Å². The summed E-state index contributed by atoms with van der Waals surface area (Å²) in [7, 11) is 0. The fourth-order valence-electron chi connectivity index (χ4n) is 5.29. The number of hydrogen-bond donors (Lipinski definition) is 1. The predicted molar refractivity (Wildman–Crippen MR) is 72.5 cm³/mol. The first-order valence-corrected chi connectivity index (χ1v) is 8.23. The molecule has 0 amide bonds. The van der Waals surface area contributed by atoms with Crippen molar-refractivity contribution in [3.8, 4) is 0 Å². The van der Waals surface area contributed by atoms with Gasteiger partial charge >= 0.3 is 0 Å². The third-order valence-corrected chi connectivity index (χ3v) is 6.20. The van der Waals surface area contributed by atoms with Crippen molar-refractivity contribution in [2.24, 2.45) is 11.8 Å². The van der Waals surface area contributed by atoms with E-state index in [-0.39, 0.29) is 5.60 Å². The van der Waals surface area contributed by atoms with Crippen LogP contribution in [0.3, 0.4) is 0 Å². The van der Waals surface area contributed by atoms with E-state index < -0.39 is 0 Å². The molecule has 0 aromatic heterocycles. The first-order valence-electron chi connectivity index (χ1n) is 8.23. The molecule has 1 aliphatic heterocycles. The molecule has 0 aromatic carbocycles. The highest BCUT2D eigenvalue weighted by Gasteiger charge is 2.43. The topological polar surface area (TPSA) is 21.3 Å². The van der Waals surface area contributed by atoms with Crippen LogP contribution < -0.4 is 5.32 Å². The Balaban J connectivity index is 1.37. The lowest BCUT2D eigenvalue weighted by molar-refractivity contribution is -0.0853. The van der Waals surface area contributed by atoms with E-state index in [1.165, 1.54) is 64.2 Å². The van der Waals surface area contributed by atoms with Gasteiger partial charge in [0.25, 0.3) is 0 Å². The highest BCUT2D eigenvalue weighted by Crippen LogP contribution is 2.46. The summed E-state index contributed by atoms with van der Waals surface area (Å²) in [5.41, 5.74) is 0.285.